The Bertz CT molecular complexity index is 1190. The number of hydrogen-bond donors (Lipinski definition) is 1. The summed E-state index contributed by atoms with van der Waals surface area (Å²) >= 11 is 0. The van der Waals surface area contributed by atoms with Gasteiger partial charge in [0.1, 0.15) is 5.75 Å². The van der Waals surface area contributed by atoms with Crippen molar-refractivity contribution in [1.29, 1.82) is 0 Å². The molecule has 0 aromatic heterocycles. The number of carbonyl (C=O) groups excluding carboxylic acids is 1. The number of halogens is 2. The van der Waals surface area contributed by atoms with Crippen LogP contribution in [-0.4, -0.2) is 52.5 Å². The highest BCUT2D eigenvalue weighted by molar-refractivity contribution is 5.83. The molecule has 0 bridgehead atoms. The van der Waals surface area contributed by atoms with Gasteiger partial charge in [-0.3, -0.25) is 4.79 Å². The maximum Gasteiger partial charge on any atom is 0.320 e. The van der Waals surface area contributed by atoms with Crippen LogP contribution in [0, 0.1) is 13.8 Å². The summed E-state index contributed by atoms with van der Waals surface area (Å²) in [6, 6.07) is 5.60. The first-order valence-electron chi connectivity index (χ1n) is 11.7. The number of ether oxygens (including phenoxy) is 1. The fourth-order valence-electron chi connectivity index (χ4n) is 5.58. The maximum atomic E-state index is 13.7. The van der Waals surface area contributed by atoms with Crippen molar-refractivity contribution in [1.82, 2.24) is 9.80 Å². The highest BCUT2D eigenvalue weighted by Crippen LogP contribution is 2.41. The van der Waals surface area contributed by atoms with E-state index in [0.29, 0.717) is 19.7 Å². The Morgan fingerprint density at radius 2 is 1.85 bits per heavy atom. The molecule has 2 aromatic carbocycles. The average Bonchev–Trinajstić information content (AvgIpc) is 3.40. The number of aliphatic carboxylic acids is 1. The number of carboxylic acids is 1. The summed E-state index contributed by atoms with van der Waals surface area (Å²) in [5.41, 5.74) is 7.37. The van der Waals surface area contributed by atoms with Gasteiger partial charge >= 0.3 is 12.0 Å². The molecule has 3 aliphatic rings. The fraction of sp³-hybridized carbons (Fsp3) is 0.462. The van der Waals surface area contributed by atoms with Crippen molar-refractivity contribution in [3.8, 4) is 16.9 Å². The van der Waals surface area contributed by atoms with Crippen molar-refractivity contribution in [2.24, 2.45) is 0 Å². The van der Waals surface area contributed by atoms with Crippen molar-refractivity contribution in [2.75, 3.05) is 19.7 Å². The number of alkyl halides is 2. The molecule has 1 fully saturated rings. The van der Waals surface area contributed by atoms with Crippen LogP contribution in [0.2, 0.25) is 0 Å². The Balaban J connectivity index is 1.55. The third-order valence-electron chi connectivity index (χ3n) is 7.33. The minimum Gasteiger partial charge on any atom is -0.493 e. The molecule has 180 valence electrons. The molecule has 0 saturated carbocycles. The molecule has 3 aliphatic heterocycles. The van der Waals surface area contributed by atoms with Gasteiger partial charge in [0.2, 0.25) is 0 Å². The Morgan fingerprint density at radius 3 is 2.53 bits per heavy atom. The number of rotatable bonds is 3. The van der Waals surface area contributed by atoms with E-state index in [2.05, 4.69) is 6.07 Å². The summed E-state index contributed by atoms with van der Waals surface area (Å²) in [5.74, 6) is -2.90. The van der Waals surface area contributed by atoms with E-state index in [9.17, 15) is 23.5 Å². The molecule has 34 heavy (non-hydrogen) atoms. The minimum absolute atomic E-state index is 0.0450. The van der Waals surface area contributed by atoms with Crippen LogP contribution in [-0.2, 0) is 30.7 Å². The monoisotopic (exact) mass is 470 g/mol. The number of amides is 2. The first kappa shape index (κ1) is 22.6. The van der Waals surface area contributed by atoms with Crippen molar-refractivity contribution in [3.63, 3.8) is 0 Å². The van der Waals surface area contributed by atoms with E-state index in [-0.39, 0.29) is 25.4 Å². The molecule has 0 spiro atoms. The van der Waals surface area contributed by atoms with Gasteiger partial charge in [0.15, 0.2) is 0 Å². The number of likely N-dealkylation sites (tertiary alicyclic amines) is 1. The lowest BCUT2D eigenvalue weighted by Crippen LogP contribution is -2.40. The van der Waals surface area contributed by atoms with E-state index in [0.717, 1.165) is 63.1 Å². The van der Waals surface area contributed by atoms with Gasteiger partial charge in [-0.15, -0.1) is 0 Å². The zero-order valence-corrected chi connectivity index (χ0v) is 19.4. The number of benzene rings is 2. The van der Waals surface area contributed by atoms with Crippen LogP contribution in [0.25, 0.3) is 11.1 Å². The molecule has 0 radical (unpaired) electrons. The average molecular weight is 471 g/mol. The first-order valence-corrected chi connectivity index (χ1v) is 11.7. The number of nitrogens with zero attached hydrogens (tertiary/aromatic N) is 2. The van der Waals surface area contributed by atoms with E-state index in [4.69, 9.17) is 4.74 Å². The van der Waals surface area contributed by atoms with Crippen LogP contribution in [0.1, 0.15) is 46.2 Å². The summed E-state index contributed by atoms with van der Waals surface area (Å²) in [7, 11) is 0. The Morgan fingerprint density at radius 1 is 1.12 bits per heavy atom. The number of carboxylic acid groups (broad SMARTS) is 1. The van der Waals surface area contributed by atoms with E-state index in [1.165, 1.54) is 4.90 Å². The third kappa shape index (κ3) is 3.89. The number of aryl methyl sites for hydroxylation is 1. The molecule has 2 amide bonds. The lowest BCUT2D eigenvalue weighted by Gasteiger charge is -2.23. The Kier molecular flexibility index (Phi) is 5.49. The molecule has 0 atom stereocenters. The normalized spacial score (nSPS) is 18.5. The van der Waals surface area contributed by atoms with Crippen molar-refractivity contribution in [3.05, 3.63) is 51.6 Å². The van der Waals surface area contributed by atoms with Crippen molar-refractivity contribution >= 4 is 12.0 Å². The van der Waals surface area contributed by atoms with Crippen LogP contribution < -0.4 is 4.74 Å². The van der Waals surface area contributed by atoms with Gasteiger partial charge in [0.25, 0.3) is 5.92 Å². The van der Waals surface area contributed by atoms with Gasteiger partial charge in [-0.2, -0.15) is 0 Å². The minimum atomic E-state index is -2.84. The van der Waals surface area contributed by atoms with E-state index < -0.39 is 18.4 Å². The maximum absolute atomic E-state index is 13.7. The molecule has 8 heteroatoms. The second-order valence-corrected chi connectivity index (χ2v) is 9.57. The highest BCUT2D eigenvalue weighted by atomic mass is 19.3. The smallest absolute Gasteiger partial charge is 0.320 e. The molecule has 3 heterocycles. The summed E-state index contributed by atoms with van der Waals surface area (Å²) in [6.07, 6.45) is 1.40. The van der Waals surface area contributed by atoms with Crippen LogP contribution in [0.15, 0.2) is 18.2 Å². The summed E-state index contributed by atoms with van der Waals surface area (Å²) < 4.78 is 33.1. The van der Waals surface area contributed by atoms with Crippen molar-refractivity contribution in [2.45, 2.75) is 58.5 Å². The summed E-state index contributed by atoms with van der Waals surface area (Å²) in [5, 5.41) is 9.66. The van der Waals surface area contributed by atoms with E-state index in [1.807, 2.05) is 26.0 Å². The molecule has 5 rings (SSSR count). The van der Waals surface area contributed by atoms with Crippen LogP contribution in [0.5, 0.6) is 5.75 Å². The van der Waals surface area contributed by atoms with Gasteiger partial charge in [-0.25, -0.2) is 13.6 Å². The fourth-order valence-corrected chi connectivity index (χ4v) is 5.58. The zero-order chi connectivity index (χ0) is 24.2. The third-order valence-corrected chi connectivity index (χ3v) is 7.33. The molecule has 6 nitrogen and oxygen atoms in total. The second kappa shape index (κ2) is 8.25. The quantitative estimate of drug-likeness (QED) is 0.706. The molecule has 1 saturated heterocycles. The van der Waals surface area contributed by atoms with Gasteiger partial charge < -0.3 is 19.6 Å². The van der Waals surface area contributed by atoms with Gasteiger partial charge in [0.05, 0.1) is 19.6 Å². The summed E-state index contributed by atoms with van der Waals surface area (Å²) in [6.45, 7) is 4.69. The second-order valence-electron chi connectivity index (χ2n) is 9.57. The van der Waals surface area contributed by atoms with E-state index in [1.54, 1.807) is 4.90 Å². The number of fused-ring (bicyclic) bond motifs is 2. The zero-order valence-electron chi connectivity index (χ0n) is 19.4. The lowest BCUT2D eigenvalue weighted by atomic mass is 9.83. The number of carbonyl (C=O) groups is 2. The molecule has 0 aliphatic carbocycles. The molecular formula is C26H28F2N2O4. The van der Waals surface area contributed by atoms with Crippen LogP contribution >= 0.6 is 0 Å². The standard InChI is InChI=1S/C26H28F2N2O4/c1-15-19(11-23(31)32)24(18-5-6-22-17(10-18)4-3-9-34-22)16(2)21-13-30(12-20(15)21)25(33)29-8-7-26(27,28)14-29/h5-6,10H,3-4,7-9,11-14H2,1-2H3,(H,31,32). The largest absolute Gasteiger partial charge is 0.493 e. The predicted molar refractivity (Wildman–Crippen MR) is 122 cm³/mol. The van der Waals surface area contributed by atoms with Crippen molar-refractivity contribution < 1.29 is 28.2 Å². The topological polar surface area (TPSA) is 70.1 Å². The van der Waals surface area contributed by atoms with Crippen LogP contribution in [0.3, 0.4) is 0 Å². The Labute approximate surface area is 197 Å². The highest BCUT2D eigenvalue weighted by Gasteiger charge is 2.42. The molecular weight excluding hydrogens is 442 g/mol. The molecule has 1 N–H and O–H groups in total. The number of urea groups is 1. The molecule has 2 aromatic rings. The summed E-state index contributed by atoms with van der Waals surface area (Å²) in [4.78, 5) is 27.6. The SMILES string of the molecule is Cc1c2c(c(C)c(-c3ccc4c(c3)CCCO4)c1CC(=O)O)CN(C(=O)N1CCC(F)(F)C1)C2. The van der Waals surface area contributed by atoms with Gasteiger partial charge in [0, 0.05) is 26.1 Å². The lowest BCUT2D eigenvalue weighted by molar-refractivity contribution is -0.136. The van der Waals surface area contributed by atoms with Crippen LogP contribution in [0.4, 0.5) is 13.6 Å². The number of hydrogen-bond acceptors (Lipinski definition) is 3. The van der Waals surface area contributed by atoms with E-state index >= 15 is 0 Å². The molecule has 0 unspecified atom stereocenters. The van der Waals surface area contributed by atoms with Gasteiger partial charge in [-0.05, 0) is 83.3 Å². The van der Waals surface area contributed by atoms with Gasteiger partial charge in [-0.1, -0.05) is 6.07 Å². The first-order chi connectivity index (χ1) is 16.1. The predicted octanol–water partition coefficient (Wildman–Crippen LogP) is 4.70. The Hall–Kier alpha value is -3.16.